The van der Waals surface area contributed by atoms with E-state index in [1.54, 1.807) is 11.3 Å². The molecule has 0 bridgehead atoms. The average molecular weight is 385 g/mol. The minimum absolute atomic E-state index is 0.0673. The molecule has 1 fully saturated rings. The van der Waals surface area contributed by atoms with Gasteiger partial charge in [-0.3, -0.25) is 9.59 Å². The summed E-state index contributed by atoms with van der Waals surface area (Å²) in [6.07, 6.45) is 2.51. The molecule has 6 heteroatoms. The molecule has 0 spiro atoms. The maximum atomic E-state index is 12.4. The van der Waals surface area contributed by atoms with E-state index in [1.807, 2.05) is 34.5 Å². The highest BCUT2D eigenvalue weighted by Gasteiger charge is 2.26. The molecule has 3 aromatic rings. The van der Waals surface area contributed by atoms with Crippen LogP contribution < -0.4 is 0 Å². The smallest absolute Gasteiger partial charge is 0.223 e. The third kappa shape index (κ3) is 3.71. The van der Waals surface area contributed by atoms with Crippen molar-refractivity contribution in [1.29, 1.82) is 0 Å². The van der Waals surface area contributed by atoms with E-state index < -0.39 is 0 Å². The molecule has 1 aliphatic heterocycles. The van der Waals surface area contributed by atoms with Crippen LogP contribution >= 0.6 is 22.7 Å². The Morgan fingerprint density at radius 2 is 1.88 bits per heavy atom. The second-order valence-corrected chi connectivity index (χ2v) is 8.59. The summed E-state index contributed by atoms with van der Waals surface area (Å²) in [4.78, 5) is 31.9. The minimum Gasteiger partial charge on any atom is -0.343 e. The van der Waals surface area contributed by atoms with Crippen LogP contribution in [0.25, 0.3) is 10.2 Å². The molecule has 4 rings (SSSR count). The third-order valence-electron chi connectivity index (χ3n) is 4.87. The molecule has 0 saturated carbocycles. The van der Waals surface area contributed by atoms with Crippen LogP contribution in [0.15, 0.2) is 41.8 Å². The first kappa shape index (κ1) is 17.4. The highest BCUT2D eigenvalue weighted by Crippen LogP contribution is 2.33. The number of nitrogens with zero attached hydrogens (tertiary/aromatic N) is 2. The van der Waals surface area contributed by atoms with E-state index in [1.165, 1.54) is 21.0 Å². The van der Waals surface area contributed by atoms with E-state index in [4.69, 9.17) is 4.98 Å². The normalized spacial score (nSPS) is 15.5. The predicted octanol–water partition coefficient (Wildman–Crippen LogP) is 4.73. The van der Waals surface area contributed by atoms with Gasteiger partial charge in [0.25, 0.3) is 0 Å². The van der Waals surface area contributed by atoms with Crippen LogP contribution in [0.2, 0.25) is 0 Å². The topological polar surface area (TPSA) is 50.3 Å². The fourth-order valence-electron chi connectivity index (χ4n) is 3.38. The first-order valence-corrected chi connectivity index (χ1v) is 10.6. The molecular weight excluding hydrogens is 364 g/mol. The lowest BCUT2D eigenvalue weighted by molar-refractivity contribution is -0.132. The molecule has 0 atom stereocenters. The summed E-state index contributed by atoms with van der Waals surface area (Å²) in [6.45, 7) is 1.51. The number of rotatable bonds is 5. The van der Waals surface area contributed by atoms with Gasteiger partial charge >= 0.3 is 0 Å². The SMILES string of the molecule is O=C(CCC(=O)N1CCC(c2nc3ccccc3s2)CC1)c1cccs1. The van der Waals surface area contributed by atoms with Crippen LogP contribution in [0.1, 0.15) is 46.3 Å². The van der Waals surface area contributed by atoms with Crippen molar-refractivity contribution in [1.82, 2.24) is 9.88 Å². The number of ketones is 1. The summed E-state index contributed by atoms with van der Waals surface area (Å²) in [7, 11) is 0. The maximum absolute atomic E-state index is 12.4. The Bertz CT molecular complexity index is 876. The molecule has 1 saturated heterocycles. The fourth-order valence-corrected chi connectivity index (χ4v) is 5.21. The number of thiophene rings is 1. The van der Waals surface area contributed by atoms with E-state index in [0.29, 0.717) is 18.8 Å². The minimum atomic E-state index is 0.0673. The van der Waals surface area contributed by atoms with Crippen LogP contribution in [0.3, 0.4) is 0 Å². The van der Waals surface area contributed by atoms with Gasteiger partial charge in [-0.15, -0.1) is 22.7 Å². The zero-order chi connectivity index (χ0) is 17.9. The van der Waals surface area contributed by atoms with Crippen molar-refractivity contribution in [2.24, 2.45) is 0 Å². The van der Waals surface area contributed by atoms with Crippen LogP contribution in [0, 0.1) is 0 Å². The van der Waals surface area contributed by atoms with Gasteiger partial charge in [-0.1, -0.05) is 18.2 Å². The van der Waals surface area contributed by atoms with Crippen LogP contribution in [0.5, 0.6) is 0 Å². The lowest BCUT2D eigenvalue weighted by Gasteiger charge is -2.31. The molecule has 0 N–H and O–H groups in total. The largest absolute Gasteiger partial charge is 0.343 e. The molecule has 2 aromatic heterocycles. The number of para-hydroxylation sites is 1. The number of hydrogen-bond acceptors (Lipinski definition) is 5. The van der Waals surface area contributed by atoms with E-state index in [-0.39, 0.29) is 11.7 Å². The summed E-state index contributed by atoms with van der Waals surface area (Å²) in [5.41, 5.74) is 1.07. The monoisotopic (exact) mass is 384 g/mol. The summed E-state index contributed by atoms with van der Waals surface area (Å²) in [6, 6.07) is 11.9. The zero-order valence-electron chi connectivity index (χ0n) is 14.4. The van der Waals surface area contributed by atoms with Gasteiger partial charge in [-0.2, -0.15) is 0 Å². The molecule has 4 nitrogen and oxygen atoms in total. The van der Waals surface area contributed by atoms with Gasteiger partial charge in [0.05, 0.1) is 20.1 Å². The molecule has 26 heavy (non-hydrogen) atoms. The molecule has 1 aromatic carbocycles. The summed E-state index contributed by atoms with van der Waals surface area (Å²) in [5.74, 6) is 0.597. The van der Waals surface area contributed by atoms with E-state index in [2.05, 4.69) is 12.1 Å². The third-order valence-corrected chi connectivity index (χ3v) is 6.98. The highest BCUT2D eigenvalue weighted by molar-refractivity contribution is 7.18. The number of carbonyl (C=O) groups excluding carboxylic acids is 2. The van der Waals surface area contributed by atoms with Gasteiger partial charge in [-0.05, 0) is 36.4 Å². The van der Waals surface area contributed by atoms with E-state index >= 15 is 0 Å². The van der Waals surface area contributed by atoms with Crippen LogP contribution in [-0.4, -0.2) is 34.7 Å². The maximum Gasteiger partial charge on any atom is 0.223 e. The number of amides is 1. The molecule has 1 aliphatic rings. The van der Waals surface area contributed by atoms with Crippen molar-refractivity contribution in [3.63, 3.8) is 0 Å². The van der Waals surface area contributed by atoms with Crippen LogP contribution in [0.4, 0.5) is 0 Å². The lowest BCUT2D eigenvalue weighted by Crippen LogP contribution is -2.38. The molecule has 134 valence electrons. The quantitative estimate of drug-likeness (QED) is 0.598. The number of piperidine rings is 1. The number of benzene rings is 1. The second-order valence-electron chi connectivity index (χ2n) is 6.58. The Balaban J connectivity index is 1.30. The Morgan fingerprint density at radius 1 is 1.08 bits per heavy atom. The number of Topliss-reactive ketones (excluding diaryl/α,β-unsaturated/α-hetero) is 1. The second kappa shape index (κ2) is 7.68. The molecule has 1 amide bonds. The van der Waals surface area contributed by atoms with Crippen molar-refractivity contribution in [2.45, 2.75) is 31.6 Å². The van der Waals surface area contributed by atoms with E-state index in [0.717, 1.165) is 36.3 Å². The number of hydrogen-bond donors (Lipinski definition) is 0. The van der Waals surface area contributed by atoms with Crippen molar-refractivity contribution >= 4 is 44.6 Å². The van der Waals surface area contributed by atoms with Gasteiger partial charge < -0.3 is 4.90 Å². The van der Waals surface area contributed by atoms with Gasteiger partial charge in [0.15, 0.2) is 5.78 Å². The Kier molecular flexibility index (Phi) is 5.13. The van der Waals surface area contributed by atoms with Gasteiger partial charge in [0, 0.05) is 31.8 Å². The number of carbonyl (C=O) groups is 2. The van der Waals surface area contributed by atoms with Crippen LogP contribution in [-0.2, 0) is 4.79 Å². The highest BCUT2D eigenvalue weighted by atomic mass is 32.1. The zero-order valence-corrected chi connectivity index (χ0v) is 16.0. The van der Waals surface area contributed by atoms with Crippen molar-refractivity contribution in [3.8, 4) is 0 Å². The average Bonchev–Trinajstić information content (AvgIpc) is 3.35. The number of aromatic nitrogens is 1. The molecule has 3 heterocycles. The molecular formula is C20H20N2O2S2. The van der Waals surface area contributed by atoms with E-state index in [9.17, 15) is 9.59 Å². The van der Waals surface area contributed by atoms with Crippen molar-refractivity contribution in [2.75, 3.05) is 13.1 Å². The van der Waals surface area contributed by atoms with Gasteiger partial charge in [-0.25, -0.2) is 4.98 Å². The Labute approximate surface area is 160 Å². The Hall–Kier alpha value is -2.05. The first-order chi connectivity index (χ1) is 12.7. The van der Waals surface area contributed by atoms with Gasteiger partial charge in [0.1, 0.15) is 0 Å². The summed E-state index contributed by atoms with van der Waals surface area (Å²) < 4.78 is 1.23. The lowest BCUT2D eigenvalue weighted by atomic mass is 9.97. The molecule has 0 unspecified atom stereocenters. The number of thiazole rings is 1. The fraction of sp³-hybridized carbons (Fsp3) is 0.350. The predicted molar refractivity (Wildman–Crippen MR) is 106 cm³/mol. The first-order valence-electron chi connectivity index (χ1n) is 8.90. The summed E-state index contributed by atoms with van der Waals surface area (Å²) in [5, 5.41) is 3.08. The standard InChI is InChI=1S/C20H20N2O2S2/c23-16(18-6-3-13-25-18)7-8-19(24)22-11-9-14(10-12-22)20-21-15-4-1-2-5-17(15)26-20/h1-6,13-14H,7-12H2. The number of fused-ring (bicyclic) bond motifs is 1. The number of likely N-dealkylation sites (tertiary alicyclic amines) is 1. The van der Waals surface area contributed by atoms with Crippen molar-refractivity contribution < 1.29 is 9.59 Å². The Morgan fingerprint density at radius 3 is 2.62 bits per heavy atom. The summed E-state index contributed by atoms with van der Waals surface area (Å²) >= 11 is 3.21. The van der Waals surface area contributed by atoms with Gasteiger partial charge in [0.2, 0.25) is 5.91 Å². The molecule has 0 aliphatic carbocycles. The van der Waals surface area contributed by atoms with Crippen molar-refractivity contribution in [3.05, 3.63) is 51.7 Å². The molecule has 0 radical (unpaired) electrons.